The Kier molecular flexibility index (Phi) is 3.59. The molecular formula is C13H13ClN2O. The molecule has 0 spiro atoms. The van der Waals surface area contributed by atoms with Crippen molar-refractivity contribution in [2.75, 3.05) is 19.5 Å². The number of hydrogen-bond donors (Lipinski definition) is 0. The van der Waals surface area contributed by atoms with E-state index in [2.05, 4.69) is 4.98 Å². The lowest BCUT2D eigenvalue weighted by molar-refractivity contribution is 0.0805. The van der Waals surface area contributed by atoms with Gasteiger partial charge in [-0.3, -0.25) is 9.78 Å². The van der Waals surface area contributed by atoms with Crippen LogP contribution in [0.3, 0.4) is 0 Å². The molecule has 2 rings (SSSR count). The molecule has 0 saturated heterocycles. The third-order valence-corrected chi connectivity index (χ3v) is 2.81. The minimum atomic E-state index is -0.0238. The van der Waals surface area contributed by atoms with Crippen molar-refractivity contribution in [1.29, 1.82) is 0 Å². The van der Waals surface area contributed by atoms with Gasteiger partial charge in [0.15, 0.2) is 0 Å². The highest BCUT2D eigenvalue weighted by Gasteiger charge is 2.13. The van der Waals surface area contributed by atoms with Crippen molar-refractivity contribution in [3.8, 4) is 0 Å². The van der Waals surface area contributed by atoms with Crippen molar-refractivity contribution in [2.45, 2.75) is 0 Å². The fourth-order valence-corrected chi connectivity index (χ4v) is 1.98. The summed E-state index contributed by atoms with van der Waals surface area (Å²) in [6.07, 6.45) is 1.72. The van der Waals surface area contributed by atoms with Crippen LogP contribution >= 0.6 is 11.6 Å². The number of nitrogens with zero attached hydrogens (tertiary/aromatic N) is 2. The first kappa shape index (κ1) is 11.9. The van der Waals surface area contributed by atoms with Gasteiger partial charge in [0.1, 0.15) is 0 Å². The molecule has 3 nitrogen and oxygen atoms in total. The van der Waals surface area contributed by atoms with Crippen LogP contribution in [0.25, 0.3) is 10.9 Å². The lowest BCUT2D eigenvalue weighted by Gasteiger charge is -2.16. The number of fused-ring (bicyclic) bond motifs is 1. The summed E-state index contributed by atoms with van der Waals surface area (Å²) in [6, 6.07) is 9.30. The summed E-state index contributed by atoms with van der Waals surface area (Å²) in [6.45, 7) is 0.539. The van der Waals surface area contributed by atoms with Gasteiger partial charge < -0.3 is 4.90 Å². The Bertz CT molecular complexity index is 536. The van der Waals surface area contributed by atoms with Crippen LogP contribution in [0.4, 0.5) is 0 Å². The van der Waals surface area contributed by atoms with Gasteiger partial charge >= 0.3 is 0 Å². The number of alkyl halides is 1. The molecule has 17 heavy (non-hydrogen) atoms. The summed E-state index contributed by atoms with van der Waals surface area (Å²) in [5, 5.41) is 0.876. The molecule has 0 fully saturated rings. The minimum absolute atomic E-state index is 0.0238. The molecule has 0 saturated carbocycles. The van der Waals surface area contributed by atoms with Crippen molar-refractivity contribution >= 4 is 28.4 Å². The van der Waals surface area contributed by atoms with Crippen LogP contribution < -0.4 is 0 Å². The van der Waals surface area contributed by atoms with Gasteiger partial charge in [0.2, 0.25) is 0 Å². The Morgan fingerprint density at radius 2 is 2.18 bits per heavy atom. The smallest absolute Gasteiger partial charge is 0.254 e. The maximum atomic E-state index is 12.2. The molecule has 0 aliphatic heterocycles. The number of carbonyl (C=O) groups excluding carboxylic acids is 1. The summed E-state index contributed by atoms with van der Waals surface area (Å²) in [5.41, 5.74) is 1.50. The predicted molar refractivity (Wildman–Crippen MR) is 69.4 cm³/mol. The molecule has 1 heterocycles. The van der Waals surface area contributed by atoms with E-state index in [1.54, 1.807) is 18.1 Å². The van der Waals surface area contributed by atoms with Crippen LogP contribution in [0.2, 0.25) is 0 Å². The number of amides is 1. The summed E-state index contributed by atoms with van der Waals surface area (Å²) in [5.74, 6) is 0.412. The second kappa shape index (κ2) is 5.15. The Morgan fingerprint density at radius 1 is 1.35 bits per heavy atom. The fraction of sp³-hybridized carbons (Fsp3) is 0.231. The van der Waals surface area contributed by atoms with E-state index in [9.17, 15) is 4.79 Å². The highest BCUT2D eigenvalue weighted by Crippen LogP contribution is 2.17. The third-order valence-electron chi connectivity index (χ3n) is 2.64. The van der Waals surface area contributed by atoms with Gasteiger partial charge in [0.05, 0.1) is 5.52 Å². The lowest BCUT2D eigenvalue weighted by atomic mass is 10.1. The van der Waals surface area contributed by atoms with Gasteiger partial charge in [0, 0.05) is 36.6 Å². The topological polar surface area (TPSA) is 33.2 Å². The first-order valence-electron chi connectivity index (χ1n) is 5.39. The SMILES string of the molecule is CN(CCCl)C(=O)c1cccc2ncccc12. The Labute approximate surface area is 105 Å². The largest absolute Gasteiger partial charge is 0.340 e. The molecule has 0 N–H and O–H groups in total. The van der Waals surface area contributed by atoms with Crippen molar-refractivity contribution in [3.63, 3.8) is 0 Å². The van der Waals surface area contributed by atoms with Crippen LogP contribution in [0.1, 0.15) is 10.4 Å². The molecule has 88 valence electrons. The zero-order chi connectivity index (χ0) is 12.3. The molecule has 1 aromatic carbocycles. The molecule has 0 unspecified atom stereocenters. The van der Waals surface area contributed by atoms with E-state index < -0.39 is 0 Å². The van der Waals surface area contributed by atoms with Crippen LogP contribution in [-0.4, -0.2) is 35.3 Å². The van der Waals surface area contributed by atoms with E-state index in [0.717, 1.165) is 10.9 Å². The van der Waals surface area contributed by atoms with E-state index >= 15 is 0 Å². The third kappa shape index (κ3) is 2.39. The number of hydrogen-bond acceptors (Lipinski definition) is 2. The average molecular weight is 249 g/mol. The molecule has 4 heteroatoms. The van der Waals surface area contributed by atoms with E-state index in [1.807, 2.05) is 30.3 Å². The fourth-order valence-electron chi connectivity index (χ4n) is 1.72. The van der Waals surface area contributed by atoms with Crippen molar-refractivity contribution in [2.24, 2.45) is 0 Å². The van der Waals surface area contributed by atoms with Crippen molar-refractivity contribution in [1.82, 2.24) is 9.88 Å². The molecule has 1 aromatic heterocycles. The number of pyridine rings is 1. The molecule has 0 bridgehead atoms. The number of halogens is 1. The van der Waals surface area contributed by atoms with Gasteiger partial charge in [-0.2, -0.15) is 0 Å². The molecule has 0 aliphatic rings. The van der Waals surface area contributed by atoms with E-state index in [-0.39, 0.29) is 5.91 Å². The lowest BCUT2D eigenvalue weighted by Crippen LogP contribution is -2.28. The normalized spacial score (nSPS) is 10.5. The summed E-state index contributed by atoms with van der Waals surface area (Å²) in [7, 11) is 1.75. The van der Waals surface area contributed by atoms with Gasteiger partial charge in [0.25, 0.3) is 5.91 Å². The summed E-state index contributed by atoms with van der Waals surface area (Å²) < 4.78 is 0. The van der Waals surface area contributed by atoms with Gasteiger partial charge in [-0.15, -0.1) is 11.6 Å². The number of aromatic nitrogens is 1. The molecule has 0 atom stereocenters. The van der Waals surface area contributed by atoms with Crippen LogP contribution in [0.5, 0.6) is 0 Å². The maximum absolute atomic E-state index is 12.2. The van der Waals surface area contributed by atoms with E-state index in [0.29, 0.717) is 18.0 Å². The Balaban J connectivity index is 2.45. The Hall–Kier alpha value is -1.61. The number of carbonyl (C=O) groups is 1. The summed E-state index contributed by atoms with van der Waals surface area (Å²) in [4.78, 5) is 18.0. The number of rotatable bonds is 3. The molecule has 2 aromatic rings. The maximum Gasteiger partial charge on any atom is 0.254 e. The average Bonchev–Trinajstić information content (AvgIpc) is 2.37. The van der Waals surface area contributed by atoms with Crippen LogP contribution in [0.15, 0.2) is 36.5 Å². The first-order chi connectivity index (χ1) is 8.24. The van der Waals surface area contributed by atoms with Crippen LogP contribution in [0, 0.1) is 0 Å². The summed E-state index contributed by atoms with van der Waals surface area (Å²) >= 11 is 5.64. The van der Waals surface area contributed by atoms with Crippen LogP contribution in [-0.2, 0) is 0 Å². The quantitative estimate of drug-likeness (QED) is 0.782. The standard InChI is InChI=1S/C13H13ClN2O/c1-16(9-7-14)13(17)11-4-2-6-12-10(11)5-3-8-15-12/h2-6,8H,7,9H2,1H3. The van der Waals surface area contributed by atoms with Gasteiger partial charge in [-0.1, -0.05) is 12.1 Å². The molecule has 0 aliphatic carbocycles. The first-order valence-corrected chi connectivity index (χ1v) is 5.92. The highest BCUT2D eigenvalue weighted by atomic mass is 35.5. The zero-order valence-corrected chi connectivity index (χ0v) is 10.3. The molecular weight excluding hydrogens is 236 g/mol. The highest BCUT2D eigenvalue weighted by molar-refractivity contribution is 6.18. The zero-order valence-electron chi connectivity index (χ0n) is 9.56. The monoisotopic (exact) mass is 248 g/mol. The van der Waals surface area contributed by atoms with Crippen molar-refractivity contribution < 1.29 is 4.79 Å². The predicted octanol–water partition coefficient (Wildman–Crippen LogP) is 2.55. The molecule has 0 radical (unpaired) electrons. The van der Waals surface area contributed by atoms with Crippen molar-refractivity contribution in [3.05, 3.63) is 42.1 Å². The second-order valence-electron chi connectivity index (χ2n) is 3.79. The minimum Gasteiger partial charge on any atom is -0.340 e. The number of benzene rings is 1. The second-order valence-corrected chi connectivity index (χ2v) is 4.17. The molecule has 1 amide bonds. The van der Waals surface area contributed by atoms with Gasteiger partial charge in [-0.25, -0.2) is 0 Å². The van der Waals surface area contributed by atoms with Gasteiger partial charge in [-0.05, 0) is 18.2 Å². The van der Waals surface area contributed by atoms with E-state index in [1.165, 1.54) is 0 Å². The Morgan fingerprint density at radius 3 is 2.94 bits per heavy atom. The van der Waals surface area contributed by atoms with E-state index in [4.69, 9.17) is 11.6 Å².